The third kappa shape index (κ3) is 14.3. The van der Waals surface area contributed by atoms with Crippen molar-refractivity contribution in [2.75, 3.05) is 25.6 Å². The molecule has 1 heterocycles. The van der Waals surface area contributed by atoms with Crippen LogP contribution in [0.4, 0.5) is 11.4 Å². The largest absolute Gasteiger partial charge is 0.484 e. The zero-order chi connectivity index (χ0) is 36.3. The molecular formula is C38H53ClN2O9. The van der Waals surface area contributed by atoms with E-state index in [1.54, 1.807) is 24.3 Å². The first-order chi connectivity index (χ1) is 24.1. The van der Waals surface area contributed by atoms with Crippen molar-refractivity contribution in [3.63, 3.8) is 0 Å². The van der Waals surface area contributed by atoms with Crippen molar-refractivity contribution < 1.29 is 38.2 Å². The number of nitro groups is 1. The number of carbonyl (C=O) groups excluding carboxylic acids is 2. The van der Waals surface area contributed by atoms with Crippen LogP contribution in [0.25, 0.3) is 0 Å². The molecular weight excluding hydrogens is 664 g/mol. The van der Waals surface area contributed by atoms with Crippen molar-refractivity contribution in [1.29, 1.82) is 0 Å². The number of anilines is 1. The summed E-state index contributed by atoms with van der Waals surface area (Å²) in [5.41, 5.74) is 6.51. The lowest BCUT2D eigenvalue weighted by Gasteiger charge is -2.29. The number of benzene rings is 2. The molecule has 1 aliphatic heterocycles. The number of hydrogen-bond donors (Lipinski definition) is 1. The van der Waals surface area contributed by atoms with Crippen LogP contribution in [-0.2, 0) is 19.0 Å². The lowest BCUT2D eigenvalue weighted by molar-refractivity contribution is -0.386. The molecule has 1 fully saturated rings. The molecule has 3 rings (SSSR count). The maximum atomic E-state index is 13.0. The van der Waals surface area contributed by atoms with Gasteiger partial charge in [-0.05, 0) is 44.7 Å². The Morgan fingerprint density at radius 2 is 1.60 bits per heavy atom. The number of rotatable bonds is 23. The average Bonchev–Trinajstić information content (AvgIpc) is 3.09. The SMILES string of the molecule is C=C(Cl)C(=O)OCCCCCCCCCC[C@H]1CO[C@H](c2ccc(OC(=O)c3cc([N+](=O)[O-])c(O[C@H](C)CCCCCC)cc3N)cc2)OC1. The molecule has 12 heteroatoms. The van der Waals surface area contributed by atoms with Crippen LogP contribution < -0.4 is 15.2 Å². The molecule has 1 aliphatic rings. The predicted molar refractivity (Wildman–Crippen MR) is 193 cm³/mol. The van der Waals surface area contributed by atoms with Gasteiger partial charge in [-0.15, -0.1) is 0 Å². The van der Waals surface area contributed by atoms with Crippen LogP contribution in [0.3, 0.4) is 0 Å². The molecule has 0 spiro atoms. The number of unbranched alkanes of at least 4 members (excludes halogenated alkanes) is 10. The zero-order valence-corrected chi connectivity index (χ0v) is 30.3. The molecule has 50 heavy (non-hydrogen) atoms. The summed E-state index contributed by atoms with van der Waals surface area (Å²) in [5.74, 6) is -0.713. The Labute approximate surface area is 300 Å². The van der Waals surface area contributed by atoms with E-state index in [1.165, 1.54) is 31.7 Å². The lowest BCUT2D eigenvalue weighted by atomic mass is 10.0. The number of nitrogen functional groups attached to an aromatic ring is 1. The smallest absolute Gasteiger partial charge is 0.349 e. The van der Waals surface area contributed by atoms with E-state index in [-0.39, 0.29) is 39.6 Å². The van der Waals surface area contributed by atoms with Crippen LogP contribution in [-0.4, -0.2) is 42.8 Å². The molecule has 0 aromatic heterocycles. The molecule has 276 valence electrons. The number of hydrogen-bond acceptors (Lipinski definition) is 10. The summed E-state index contributed by atoms with van der Waals surface area (Å²) in [6.07, 6.45) is 14.2. The minimum absolute atomic E-state index is 0.0311. The molecule has 0 unspecified atom stereocenters. The van der Waals surface area contributed by atoms with E-state index in [4.69, 9.17) is 41.0 Å². The highest BCUT2D eigenvalue weighted by molar-refractivity contribution is 6.40. The monoisotopic (exact) mass is 716 g/mol. The standard InChI is InChI=1S/C38H53ClN2O9/c1-4-5-6-13-16-27(2)49-35-24-33(40)32(23-34(35)41(44)45)37(43)50-31-20-18-30(19-21-31)38-47-25-29(26-48-38)17-14-11-9-7-8-10-12-15-22-46-36(42)28(3)39/h18-21,23-24,27,29,38H,3-17,22,25-26,40H2,1-2H3/t27-,29-,38-/m1/s1. The van der Waals surface area contributed by atoms with Gasteiger partial charge in [0.2, 0.25) is 0 Å². The topological polar surface area (TPSA) is 149 Å². The summed E-state index contributed by atoms with van der Waals surface area (Å²) in [4.78, 5) is 35.4. The van der Waals surface area contributed by atoms with Crippen molar-refractivity contribution in [3.05, 3.63) is 69.3 Å². The number of esters is 2. The van der Waals surface area contributed by atoms with Gasteiger partial charge < -0.3 is 29.4 Å². The van der Waals surface area contributed by atoms with Crippen LogP contribution in [0.5, 0.6) is 11.5 Å². The van der Waals surface area contributed by atoms with E-state index in [2.05, 4.69) is 13.5 Å². The summed E-state index contributed by atoms with van der Waals surface area (Å²) in [7, 11) is 0. The number of nitro benzene ring substituents is 1. The van der Waals surface area contributed by atoms with Crippen LogP contribution in [0, 0.1) is 16.0 Å². The van der Waals surface area contributed by atoms with Gasteiger partial charge in [-0.2, -0.15) is 0 Å². The Morgan fingerprint density at radius 1 is 0.980 bits per heavy atom. The molecule has 1 atom stereocenters. The molecule has 0 aliphatic carbocycles. The molecule has 0 bridgehead atoms. The van der Waals surface area contributed by atoms with Crippen molar-refractivity contribution >= 4 is 34.9 Å². The van der Waals surface area contributed by atoms with Gasteiger partial charge in [0.25, 0.3) is 0 Å². The summed E-state index contributed by atoms with van der Waals surface area (Å²) < 4.78 is 28.3. The summed E-state index contributed by atoms with van der Waals surface area (Å²) in [6, 6.07) is 9.22. The van der Waals surface area contributed by atoms with E-state index in [0.29, 0.717) is 25.7 Å². The van der Waals surface area contributed by atoms with Crippen LogP contribution in [0.15, 0.2) is 48.0 Å². The first kappa shape index (κ1) is 40.8. The van der Waals surface area contributed by atoms with Crippen LogP contribution in [0.1, 0.15) is 126 Å². The Balaban J connectivity index is 1.36. The highest BCUT2D eigenvalue weighted by Gasteiger charge is 2.26. The molecule has 2 aromatic rings. The molecule has 0 radical (unpaired) electrons. The number of nitrogens with zero attached hydrogens (tertiary/aromatic N) is 1. The molecule has 11 nitrogen and oxygen atoms in total. The summed E-state index contributed by atoms with van der Waals surface area (Å²) in [6.45, 7) is 8.95. The lowest BCUT2D eigenvalue weighted by Crippen LogP contribution is -2.27. The van der Waals surface area contributed by atoms with Gasteiger partial charge in [-0.3, -0.25) is 10.1 Å². The average molecular weight is 717 g/mol. The molecule has 2 N–H and O–H groups in total. The van der Waals surface area contributed by atoms with Gasteiger partial charge in [0.15, 0.2) is 12.0 Å². The Bertz CT molecular complexity index is 1380. The predicted octanol–water partition coefficient (Wildman–Crippen LogP) is 9.60. The second-order valence-electron chi connectivity index (χ2n) is 12.9. The maximum absolute atomic E-state index is 13.0. The number of halogens is 1. The molecule has 2 aromatic carbocycles. The number of ether oxygens (including phenoxy) is 5. The maximum Gasteiger partial charge on any atom is 0.349 e. The van der Waals surface area contributed by atoms with Gasteiger partial charge in [0.05, 0.1) is 42.1 Å². The Morgan fingerprint density at radius 3 is 2.22 bits per heavy atom. The zero-order valence-electron chi connectivity index (χ0n) is 29.5. The van der Waals surface area contributed by atoms with Crippen molar-refractivity contribution in [2.24, 2.45) is 5.92 Å². The van der Waals surface area contributed by atoms with Crippen molar-refractivity contribution in [2.45, 2.75) is 116 Å². The third-order valence-electron chi connectivity index (χ3n) is 8.63. The van der Waals surface area contributed by atoms with Crippen LogP contribution in [0.2, 0.25) is 0 Å². The number of nitrogens with two attached hydrogens (primary N) is 1. The minimum Gasteiger partial charge on any atom is -0.484 e. The second kappa shape index (κ2) is 22.2. The Kier molecular flexibility index (Phi) is 18.1. The van der Waals surface area contributed by atoms with E-state index >= 15 is 0 Å². The summed E-state index contributed by atoms with van der Waals surface area (Å²) >= 11 is 5.49. The molecule has 0 amide bonds. The fraction of sp³-hybridized carbons (Fsp3) is 0.579. The van der Waals surface area contributed by atoms with E-state index in [9.17, 15) is 19.7 Å². The highest BCUT2D eigenvalue weighted by Crippen LogP contribution is 2.34. The fourth-order valence-electron chi connectivity index (χ4n) is 5.73. The van der Waals surface area contributed by atoms with Gasteiger partial charge in [0, 0.05) is 23.6 Å². The van der Waals surface area contributed by atoms with Crippen LogP contribution >= 0.6 is 11.6 Å². The first-order valence-corrected chi connectivity index (χ1v) is 18.3. The van der Waals surface area contributed by atoms with Crippen molar-refractivity contribution in [1.82, 2.24) is 0 Å². The van der Waals surface area contributed by atoms with E-state index < -0.39 is 23.2 Å². The molecule has 0 saturated carbocycles. The number of carbonyl (C=O) groups is 2. The van der Waals surface area contributed by atoms with E-state index in [1.807, 2.05) is 6.92 Å². The van der Waals surface area contributed by atoms with Gasteiger partial charge in [0.1, 0.15) is 10.8 Å². The normalized spacial score (nSPS) is 16.4. The summed E-state index contributed by atoms with van der Waals surface area (Å²) in [5, 5.41) is 11.7. The second-order valence-corrected chi connectivity index (χ2v) is 13.4. The van der Waals surface area contributed by atoms with Crippen molar-refractivity contribution in [3.8, 4) is 11.5 Å². The third-order valence-corrected chi connectivity index (χ3v) is 8.79. The minimum atomic E-state index is -0.805. The van der Waals surface area contributed by atoms with Gasteiger partial charge >= 0.3 is 17.6 Å². The fourth-order valence-corrected chi connectivity index (χ4v) is 5.78. The molecule has 1 saturated heterocycles. The van der Waals surface area contributed by atoms with E-state index in [0.717, 1.165) is 75.8 Å². The highest BCUT2D eigenvalue weighted by atomic mass is 35.5. The Hall–Kier alpha value is -3.67. The quantitative estimate of drug-likeness (QED) is 0.0224. The van der Waals surface area contributed by atoms with Gasteiger partial charge in [-0.25, -0.2) is 9.59 Å². The van der Waals surface area contributed by atoms with Gasteiger partial charge in [-0.1, -0.05) is 101 Å². The first-order valence-electron chi connectivity index (χ1n) is 17.9.